The first-order valence-corrected chi connectivity index (χ1v) is 6.34. The van der Waals surface area contributed by atoms with Crippen LogP contribution in [0.15, 0.2) is 5.03 Å². The molecule has 0 aliphatic rings. The second kappa shape index (κ2) is 4.94. The van der Waals surface area contributed by atoms with Crippen LogP contribution in [0.25, 0.3) is 0 Å². The zero-order valence-corrected chi connectivity index (χ0v) is 10.6. The first kappa shape index (κ1) is 12.4. The maximum Gasteiger partial charge on any atom is 0.304 e. The van der Waals surface area contributed by atoms with Gasteiger partial charge in [-0.15, -0.1) is 16.9 Å². The summed E-state index contributed by atoms with van der Waals surface area (Å²) in [6.45, 7) is 6.30. The predicted molar refractivity (Wildman–Crippen MR) is 61.6 cm³/mol. The Kier molecular flexibility index (Phi) is 4.10. The van der Waals surface area contributed by atoms with Crippen LogP contribution in [0.2, 0.25) is 0 Å². The predicted octanol–water partition coefficient (Wildman–Crippen LogP) is 2.40. The molecule has 1 rings (SSSR count). The van der Waals surface area contributed by atoms with Gasteiger partial charge in [0.15, 0.2) is 0 Å². The first-order chi connectivity index (χ1) is 6.91. The van der Waals surface area contributed by atoms with Gasteiger partial charge in [0.25, 0.3) is 0 Å². The van der Waals surface area contributed by atoms with E-state index in [2.05, 4.69) is 30.4 Å². The second-order valence-corrected chi connectivity index (χ2v) is 5.99. The quantitative estimate of drug-likeness (QED) is 0.826. The minimum atomic E-state index is -0.775. The van der Waals surface area contributed by atoms with Crippen LogP contribution in [-0.2, 0) is 10.2 Å². The van der Waals surface area contributed by atoms with E-state index in [-0.39, 0.29) is 11.8 Å². The number of hydrogen-bond donors (Lipinski definition) is 1. The lowest BCUT2D eigenvalue weighted by Gasteiger charge is -2.16. The fourth-order valence-corrected chi connectivity index (χ4v) is 2.91. The van der Waals surface area contributed by atoms with Gasteiger partial charge in [0.2, 0.25) is 0 Å². The summed E-state index contributed by atoms with van der Waals surface area (Å²) in [5.41, 5.74) is 0.0275. The number of rotatable bonds is 4. The van der Waals surface area contributed by atoms with Crippen molar-refractivity contribution in [2.75, 3.05) is 5.75 Å². The van der Waals surface area contributed by atoms with Crippen LogP contribution in [0.5, 0.6) is 0 Å². The molecule has 0 fully saturated rings. The molecule has 0 saturated carbocycles. The monoisotopic (exact) mass is 246 g/mol. The topological polar surface area (TPSA) is 63.1 Å². The SMILES string of the molecule is CC(C)(C)c1snnc1SCCC(=O)O. The van der Waals surface area contributed by atoms with Gasteiger partial charge < -0.3 is 5.11 Å². The molecular formula is C9H14N2O2S2. The fraction of sp³-hybridized carbons (Fsp3) is 0.667. The molecule has 15 heavy (non-hydrogen) atoms. The molecule has 0 aromatic carbocycles. The smallest absolute Gasteiger partial charge is 0.304 e. The van der Waals surface area contributed by atoms with Crippen LogP contribution in [0.3, 0.4) is 0 Å². The Morgan fingerprint density at radius 1 is 1.53 bits per heavy atom. The van der Waals surface area contributed by atoms with Gasteiger partial charge in [-0.25, -0.2) is 0 Å². The summed E-state index contributed by atoms with van der Waals surface area (Å²) in [4.78, 5) is 11.5. The molecular weight excluding hydrogens is 232 g/mol. The fourth-order valence-electron chi connectivity index (χ4n) is 0.970. The van der Waals surface area contributed by atoms with Gasteiger partial charge in [-0.1, -0.05) is 25.3 Å². The number of thioether (sulfide) groups is 1. The van der Waals surface area contributed by atoms with E-state index in [1.165, 1.54) is 23.3 Å². The van der Waals surface area contributed by atoms with Gasteiger partial charge in [0.1, 0.15) is 5.03 Å². The molecule has 6 heteroatoms. The molecule has 0 spiro atoms. The summed E-state index contributed by atoms with van der Waals surface area (Å²) in [5.74, 6) is -0.230. The molecule has 4 nitrogen and oxygen atoms in total. The van der Waals surface area contributed by atoms with Gasteiger partial charge in [-0.2, -0.15) is 0 Å². The lowest BCUT2D eigenvalue weighted by atomic mass is 9.95. The van der Waals surface area contributed by atoms with Crippen LogP contribution in [0.4, 0.5) is 0 Å². The standard InChI is InChI=1S/C9H14N2O2S2/c1-9(2,3)7-8(10-11-15-7)14-5-4-6(12)13/h4-5H2,1-3H3,(H,12,13). The summed E-state index contributed by atoms with van der Waals surface area (Å²) in [5, 5.41) is 13.4. The Morgan fingerprint density at radius 3 is 2.73 bits per heavy atom. The van der Waals surface area contributed by atoms with Crippen molar-refractivity contribution in [2.45, 2.75) is 37.6 Å². The molecule has 0 saturated heterocycles. The number of carboxylic acid groups (broad SMARTS) is 1. The molecule has 0 aliphatic carbocycles. The Bertz CT molecular complexity index is 344. The summed E-state index contributed by atoms with van der Waals surface area (Å²) in [7, 11) is 0. The third-order valence-corrected chi connectivity index (χ3v) is 3.94. The van der Waals surface area contributed by atoms with Crippen molar-refractivity contribution in [3.8, 4) is 0 Å². The number of aromatic nitrogens is 2. The highest BCUT2D eigenvalue weighted by molar-refractivity contribution is 7.99. The molecule has 84 valence electrons. The number of carbonyl (C=O) groups is 1. The number of carboxylic acids is 1. The number of aliphatic carboxylic acids is 1. The van der Waals surface area contributed by atoms with Crippen molar-refractivity contribution < 1.29 is 9.90 Å². The normalized spacial score (nSPS) is 11.7. The van der Waals surface area contributed by atoms with Crippen molar-refractivity contribution in [1.29, 1.82) is 0 Å². The summed E-state index contributed by atoms with van der Waals surface area (Å²) >= 11 is 2.85. The highest BCUT2D eigenvalue weighted by Crippen LogP contribution is 2.33. The number of hydrogen-bond acceptors (Lipinski definition) is 5. The van der Waals surface area contributed by atoms with E-state index in [0.29, 0.717) is 5.75 Å². The van der Waals surface area contributed by atoms with Gasteiger partial charge in [0.05, 0.1) is 11.3 Å². The zero-order valence-electron chi connectivity index (χ0n) is 8.98. The molecule has 1 aromatic rings. The second-order valence-electron chi connectivity index (χ2n) is 4.15. The third-order valence-electron chi connectivity index (χ3n) is 1.69. The van der Waals surface area contributed by atoms with Crippen LogP contribution < -0.4 is 0 Å². The summed E-state index contributed by atoms with van der Waals surface area (Å²) < 4.78 is 3.91. The Labute approximate surface area is 97.3 Å². The average molecular weight is 246 g/mol. The van der Waals surface area contributed by atoms with Crippen molar-refractivity contribution in [1.82, 2.24) is 9.59 Å². The van der Waals surface area contributed by atoms with Crippen molar-refractivity contribution in [3.63, 3.8) is 0 Å². The average Bonchev–Trinajstić information content (AvgIpc) is 2.50. The van der Waals surface area contributed by atoms with Gasteiger partial charge in [0, 0.05) is 11.2 Å². The van der Waals surface area contributed by atoms with Crippen molar-refractivity contribution in [3.05, 3.63) is 4.88 Å². The van der Waals surface area contributed by atoms with Crippen LogP contribution in [0.1, 0.15) is 32.1 Å². The number of nitrogens with zero attached hydrogens (tertiary/aromatic N) is 2. The third kappa shape index (κ3) is 3.79. The van der Waals surface area contributed by atoms with Gasteiger partial charge in [-0.3, -0.25) is 4.79 Å². The van der Waals surface area contributed by atoms with E-state index in [1.807, 2.05) is 0 Å². The Morgan fingerprint density at radius 2 is 2.20 bits per heavy atom. The molecule has 0 unspecified atom stereocenters. The van der Waals surface area contributed by atoms with E-state index in [4.69, 9.17) is 5.11 Å². The molecule has 0 radical (unpaired) electrons. The van der Waals surface area contributed by atoms with Gasteiger partial charge in [-0.05, 0) is 11.5 Å². The van der Waals surface area contributed by atoms with Crippen LogP contribution in [-0.4, -0.2) is 26.4 Å². The minimum absolute atomic E-state index is 0.0275. The van der Waals surface area contributed by atoms with Crippen molar-refractivity contribution >= 4 is 29.3 Å². The molecule has 1 N–H and O–H groups in total. The molecule has 0 aliphatic heterocycles. The van der Waals surface area contributed by atoms with E-state index in [9.17, 15) is 4.79 Å². The lowest BCUT2D eigenvalue weighted by molar-refractivity contribution is -0.136. The maximum absolute atomic E-state index is 10.4. The molecule has 0 atom stereocenters. The lowest BCUT2D eigenvalue weighted by Crippen LogP contribution is -2.10. The zero-order chi connectivity index (χ0) is 11.5. The Hall–Kier alpha value is -0.620. The van der Waals surface area contributed by atoms with E-state index in [1.54, 1.807) is 0 Å². The van der Waals surface area contributed by atoms with E-state index >= 15 is 0 Å². The highest BCUT2D eigenvalue weighted by Gasteiger charge is 2.22. The molecule has 1 aromatic heterocycles. The van der Waals surface area contributed by atoms with Crippen LogP contribution >= 0.6 is 23.3 Å². The maximum atomic E-state index is 10.4. The minimum Gasteiger partial charge on any atom is -0.481 e. The summed E-state index contributed by atoms with van der Waals surface area (Å²) in [6, 6.07) is 0. The summed E-state index contributed by atoms with van der Waals surface area (Å²) in [6.07, 6.45) is 0.159. The molecule has 0 amide bonds. The molecule has 0 bridgehead atoms. The van der Waals surface area contributed by atoms with Gasteiger partial charge >= 0.3 is 5.97 Å². The highest BCUT2D eigenvalue weighted by atomic mass is 32.2. The van der Waals surface area contributed by atoms with Crippen LogP contribution in [0, 0.1) is 0 Å². The van der Waals surface area contributed by atoms with E-state index < -0.39 is 5.97 Å². The van der Waals surface area contributed by atoms with E-state index in [0.717, 1.165) is 9.90 Å². The largest absolute Gasteiger partial charge is 0.481 e. The molecule has 1 heterocycles. The first-order valence-electron chi connectivity index (χ1n) is 4.58. The Balaban J connectivity index is 2.62. The van der Waals surface area contributed by atoms with Crippen molar-refractivity contribution in [2.24, 2.45) is 0 Å².